The van der Waals surface area contributed by atoms with Gasteiger partial charge in [0, 0.05) is 23.7 Å². The molecule has 0 amide bonds. The summed E-state index contributed by atoms with van der Waals surface area (Å²) in [5.41, 5.74) is 1.63. The zero-order valence-corrected chi connectivity index (χ0v) is 6.58. The van der Waals surface area contributed by atoms with Crippen LogP contribution in [-0.2, 0) is 13.1 Å². The molecule has 0 saturated heterocycles. The Labute approximate surface area is 69.2 Å². The number of fused-ring (bicyclic) bond motifs is 1. The van der Waals surface area contributed by atoms with Crippen LogP contribution in [0.25, 0.3) is 0 Å². The van der Waals surface area contributed by atoms with Crippen LogP contribution in [-0.4, -0.2) is 0 Å². The highest BCUT2D eigenvalue weighted by Crippen LogP contribution is 2.25. The highest BCUT2D eigenvalue weighted by Gasteiger charge is 2.16. The topological polar surface area (TPSA) is 12.0 Å². The molecule has 11 heavy (non-hydrogen) atoms. The van der Waals surface area contributed by atoms with E-state index in [1.165, 1.54) is 6.07 Å². The normalized spacial score (nSPS) is 15.1. The van der Waals surface area contributed by atoms with Crippen molar-refractivity contribution in [3.05, 3.63) is 34.1 Å². The standard InChI is InChI=1S/C8H7ClFN/c9-7-1-2-8(10)6-4-11-3-5(6)7/h1-2,11H,3-4H2. The summed E-state index contributed by atoms with van der Waals surface area (Å²) in [5.74, 6) is -0.158. The quantitative estimate of drug-likeness (QED) is 0.630. The van der Waals surface area contributed by atoms with E-state index in [-0.39, 0.29) is 5.82 Å². The molecule has 0 fully saturated rings. The summed E-state index contributed by atoms with van der Waals surface area (Å²) in [5, 5.41) is 3.70. The van der Waals surface area contributed by atoms with Crippen molar-refractivity contribution < 1.29 is 4.39 Å². The zero-order valence-electron chi connectivity index (χ0n) is 5.82. The van der Waals surface area contributed by atoms with Gasteiger partial charge in [-0.25, -0.2) is 4.39 Å². The first-order chi connectivity index (χ1) is 5.29. The van der Waals surface area contributed by atoms with Crippen LogP contribution in [0.15, 0.2) is 12.1 Å². The van der Waals surface area contributed by atoms with Gasteiger partial charge in [0.25, 0.3) is 0 Å². The lowest BCUT2D eigenvalue weighted by molar-refractivity contribution is 0.608. The lowest BCUT2D eigenvalue weighted by atomic mass is 10.1. The van der Waals surface area contributed by atoms with Crippen molar-refractivity contribution in [1.82, 2.24) is 5.32 Å². The van der Waals surface area contributed by atoms with Gasteiger partial charge in [0.15, 0.2) is 0 Å². The maximum Gasteiger partial charge on any atom is 0.128 e. The molecule has 1 aliphatic rings. The molecule has 0 aromatic heterocycles. The molecular weight excluding hydrogens is 165 g/mol. The van der Waals surface area contributed by atoms with Crippen molar-refractivity contribution in [2.24, 2.45) is 0 Å². The molecule has 0 saturated carbocycles. The monoisotopic (exact) mass is 171 g/mol. The fourth-order valence-corrected chi connectivity index (χ4v) is 1.57. The summed E-state index contributed by atoms with van der Waals surface area (Å²) in [6.45, 7) is 1.29. The molecule has 58 valence electrons. The maximum atomic E-state index is 13.0. The number of hydrogen-bond acceptors (Lipinski definition) is 1. The SMILES string of the molecule is Fc1ccc(Cl)c2c1CNC2. The Bertz CT molecular complexity index is 269. The molecule has 0 aliphatic carbocycles. The minimum atomic E-state index is -0.158. The molecule has 1 heterocycles. The predicted molar refractivity (Wildman–Crippen MR) is 42.0 cm³/mol. The van der Waals surface area contributed by atoms with Gasteiger partial charge in [0.1, 0.15) is 5.82 Å². The van der Waals surface area contributed by atoms with Gasteiger partial charge in [0.05, 0.1) is 0 Å². The van der Waals surface area contributed by atoms with Crippen LogP contribution in [0.2, 0.25) is 5.02 Å². The van der Waals surface area contributed by atoms with E-state index in [0.29, 0.717) is 18.1 Å². The lowest BCUT2D eigenvalue weighted by Crippen LogP contribution is -2.00. The van der Waals surface area contributed by atoms with Crippen LogP contribution in [0.4, 0.5) is 4.39 Å². The molecule has 0 radical (unpaired) electrons. The molecule has 1 nitrogen and oxygen atoms in total. The highest BCUT2D eigenvalue weighted by molar-refractivity contribution is 6.31. The van der Waals surface area contributed by atoms with Crippen molar-refractivity contribution in [1.29, 1.82) is 0 Å². The first-order valence-electron chi connectivity index (χ1n) is 3.45. The average Bonchev–Trinajstić information content (AvgIpc) is 2.45. The van der Waals surface area contributed by atoms with Gasteiger partial charge in [0.2, 0.25) is 0 Å². The first-order valence-corrected chi connectivity index (χ1v) is 3.83. The smallest absolute Gasteiger partial charge is 0.128 e. The van der Waals surface area contributed by atoms with E-state index in [2.05, 4.69) is 5.32 Å². The number of benzene rings is 1. The molecule has 0 atom stereocenters. The largest absolute Gasteiger partial charge is 0.308 e. The Morgan fingerprint density at radius 3 is 2.73 bits per heavy atom. The van der Waals surface area contributed by atoms with Crippen LogP contribution in [0, 0.1) is 5.82 Å². The average molecular weight is 172 g/mol. The minimum absolute atomic E-state index is 0.158. The summed E-state index contributed by atoms with van der Waals surface area (Å²) >= 11 is 5.83. The summed E-state index contributed by atoms with van der Waals surface area (Å²) in [7, 11) is 0. The molecule has 1 aromatic rings. The zero-order chi connectivity index (χ0) is 7.84. The van der Waals surface area contributed by atoms with Crippen molar-refractivity contribution in [2.75, 3.05) is 0 Å². The first kappa shape index (κ1) is 7.07. The van der Waals surface area contributed by atoms with E-state index in [0.717, 1.165) is 11.1 Å². The second kappa shape index (κ2) is 2.47. The Hall–Kier alpha value is -0.600. The van der Waals surface area contributed by atoms with Crippen LogP contribution >= 0.6 is 11.6 Å². The third-order valence-electron chi connectivity index (χ3n) is 1.92. The Kier molecular flexibility index (Phi) is 1.59. The third kappa shape index (κ3) is 1.03. The minimum Gasteiger partial charge on any atom is -0.308 e. The summed E-state index contributed by atoms with van der Waals surface area (Å²) < 4.78 is 13.0. The van der Waals surface area contributed by atoms with Crippen molar-refractivity contribution >= 4 is 11.6 Å². The second-order valence-electron chi connectivity index (χ2n) is 2.59. The van der Waals surface area contributed by atoms with Crippen LogP contribution < -0.4 is 5.32 Å². The summed E-state index contributed by atoms with van der Waals surface area (Å²) in [6, 6.07) is 3.01. The summed E-state index contributed by atoms with van der Waals surface area (Å²) in [4.78, 5) is 0. The van der Waals surface area contributed by atoms with Gasteiger partial charge in [-0.3, -0.25) is 0 Å². The maximum absolute atomic E-state index is 13.0. The summed E-state index contributed by atoms with van der Waals surface area (Å²) in [6.07, 6.45) is 0. The van der Waals surface area contributed by atoms with Crippen LogP contribution in [0.1, 0.15) is 11.1 Å². The van der Waals surface area contributed by atoms with Crippen LogP contribution in [0.5, 0.6) is 0 Å². The molecule has 2 rings (SSSR count). The van der Waals surface area contributed by atoms with Gasteiger partial charge < -0.3 is 5.32 Å². The van der Waals surface area contributed by atoms with E-state index in [1.54, 1.807) is 6.07 Å². The number of rotatable bonds is 0. The van der Waals surface area contributed by atoms with E-state index in [4.69, 9.17) is 11.6 Å². The van der Waals surface area contributed by atoms with E-state index < -0.39 is 0 Å². The van der Waals surface area contributed by atoms with Gasteiger partial charge in [-0.15, -0.1) is 0 Å². The van der Waals surface area contributed by atoms with Crippen LogP contribution in [0.3, 0.4) is 0 Å². The molecule has 3 heteroatoms. The van der Waals surface area contributed by atoms with Gasteiger partial charge in [-0.2, -0.15) is 0 Å². The third-order valence-corrected chi connectivity index (χ3v) is 2.27. The number of halogens is 2. The van der Waals surface area contributed by atoms with Crippen molar-refractivity contribution in [2.45, 2.75) is 13.1 Å². The van der Waals surface area contributed by atoms with Crippen molar-refractivity contribution in [3.63, 3.8) is 0 Å². The Morgan fingerprint density at radius 1 is 1.27 bits per heavy atom. The predicted octanol–water partition coefficient (Wildman–Crippen LogP) is 2.08. The van der Waals surface area contributed by atoms with E-state index in [9.17, 15) is 4.39 Å². The molecule has 0 unspecified atom stereocenters. The van der Waals surface area contributed by atoms with Gasteiger partial charge in [-0.05, 0) is 17.7 Å². The van der Waals surface area contributed by atoms with E-state index in [1.807, 2.05) is 0 Å². The van der Waals surface area contributed by atoms with Crippen molar-refractivity contribution in [3.8, 4) is 0 Å². The fraction of sp³-hybridized carbons (Fsp3) is 0.250. The molecule has 1 aromatic carbocycles. The molecule has 1 aliphatic heterocycles. The molecule has 0 spiro atoms. The van der Waals surface area contributed by atoms with E-state index >= 15 is 0 Å². The number of hydrogen-bond donors (Lipinski definition) is 1. The van der Waals surface area contributed by atoms with Gasteiger partial charge >= 0.3 is 0 Å². The Balaban J connectivity index is 2.64. The Morgan fingerprint density at radius 2 is 2.00 bits per heavy atom. The highest BCUT2D eigenvalue weighted by atomic mass is 35.5. The second-order valence-corrected chi connectivity index (χ2v) is 3.00. The van der Waals surface area contributed by atoms with Gasteiger partial charge in [-0.1, -0.05) is 11.6 Å². The molecule has 0 bridgehead atoms. The number of nitrogens with one attached hydrogen (secondary N) is 1. The fourth-order valence-electron chi connectivity index (χ4n) is 1.33. The molecular formula is C8H7ClFN. The lowest BCUT2D eigenvalue weighted by Gasteiger charge is -2.00. The molecule has 1 N–H and O–H groups in total.